The average molecular weight is 390 g/mol. The standard InChI is InChI=1S/C19H22N2O5S/c1-5-26-19(23)16-10-7-11-17(13(16)2)20-18(22)14-8-6-9-15(12-14)21(3)27(4,24)25/h6-12H,5H2,1-4H3,(H,20,22). The van der Waals surface area contributed by atoms with Crippen molar-refractivity contribution < 1.29 is 22.7 Å². The first-order chi connectivity index (χ1) is 12.6. The molecule has 27 heavy (non-hydrogen) atoms. The summed E-state index contributed by atoms with van der Waals surface area (Å²) in [5.74, 6) is -0.870. The highest BCUT2D eigenvalue weighted by Gasteiger charge is 2.17. The van der Waals surface area contributed by atoms with E-state index in [9.17, 15) is 18.0 Å². The van der Waals surface area contributed by atoms with Crippen LogP contribution in [0.25, 0.3) is 0 Å². The zero-order chi connectivity index (χ0) is 20.2. The first-order valence-corrected chi connectivity index (χ1v) is 10.1. The van der Waals surface area contributed by atoms with E-state index in [1.165, 1.54) is 13.1 Å². The van der Waals surface area contributed by atoms with E-state index < -0.39 is 21.9 Å². The van der Waals surface area contributed by atoms with Gasteiger partial charge in [0.15, 0.2) is 0 Å². The zero-order valence-electron chi connectivity index (χ0n) is 15.6. The number of carbonyl (C=O) groups is 2. The highest BCUT2D eigenvalue weighted by molar-refractivity contribution is 7.92. The monoisotopic (exact) mass is 390 g/mol. The van der Waals surface area contributed by atoms with Gasteiger partial charge in [0.2, 0.25) is 10.0 Å². The van der Waals surface area contributed by atoms with Crippen molar-refractivity contribution >= 4 is 33.3 Å². The van der Waals surface area contributed by atoms with Gasteiger partial charge in [0.05, 0.1) is 24.1 Å². The first-order valence-electron chi connectivity index (χ1n) is 8.27. The predicted octanol–water partition coefficient (Wildman–Crippen LogP) is 2.82. The Balaban J connectivity index is 2.28. The summed E-state index contributed by atoms with van der Waals surface area (Å²) in [5.41, 5.74) is 2.12. The molecule has 0 aliphatic carbocycles. The molecule has 0 saturated heterocycles. The van der Waals surface area contributed by atoms with Crippen LogP contribution < -0.4 is 9.62 Å². The fraction of sp³-hybridized carbons (Fsp3) is 0.263. The van der Waals surface area contributed by atoms with Crippen LogP contribution in [-0.4, -0.2) is 40.2 Å². The Kier molecular flexibility index (Phi) is 6.22. The smallest absolute Gasteiger partial charge is 0.338 e. The number of sulfonamides is 1. The predicted molar refractivity (Wildman–Crippen MR) is 105 cm³/mol. The highest BCUT2D eigenvalue weighted by atomic mass is 32.2. The molecular formula is C19H22N2O5S. The number of nitrogens with one attached hydrogen (secondary N) is 1. The van der Waals surface area contributed by atoms with Gasteiger partial charge in [0, 0.05) is 18.3 Å². The summed E-state index contributed by atoms with van der Waals surface area (Å²) in [5, 5.41) is 2.75. The molecule has 0 bridgehead atoms. The lowest BCUT2D eigenvalue weighted by atomic mass is 10.1. The molecule has 2 aromatic carbocycles. The molecule has 2 aromatic rings. The molecule has 0 aliphatic rings. The van der Waals surface area contributed by atoms with Gasteiger partial charge in [0.25, 0.3) is 5.91 Å². The second-order valence-electron chi connectivity index (χ2n) is 5.93. The van der Waals surface area contributed by atoms with Crippen molar-refractivity contribution in [3.05, 3.63) is 59.2 Å². The van der Waals surface area contributed by atoms with Crippen molar-refractivity contribution in [3.63, 3.8) is 0 Å². The molecule has 0 saturated carbocycles. The minimum Gasteiger partial charge on any atom is -0.462 e. The number of benzene rings is 2. The molecule has 8 heteroatoms. The highest BCUT2D eigenvalue weighted by Crippen LogP contribution is 2.22. The van der Waals surface area contributed by atoms with Gasteiger partial charge in [-0.1, -0.05) is 12.1 Å². The van der Waals surface area contributed by atoms with Crippen LogP contribution in [0.5, 0.6) is 0 Å². The van der Waals surface area contributed by atoms with Crippen molar-refractivity contribution in [2.75, 3.05) is 29.5 Å². The molecule has 0 radical (unpaired) electrons. The third kappa shape index (κ3) is 4.85. The molecule has 0 atom stereocenters. The molecule has 0 spiro atoms. The van der Waals surface area contributed by atoms with E-state index in [1.807, 2.05) is 0 Å². The molecule has 1 N–H and O–H groups in total. The quantitative estimate of drug-likeness (QED) is 0.766. The maximum Gasteiger partial charge on any atom is 0.338 e. The van der Waals surface area contributed by atoms with Gasteiger partial charge in [-0.3, -0.25) is 9.10 Å². The Morgan fingerprint density at radius 3 is 2.44 bits per heavy atom. The third-order valence-corrected chi connectivity index (χ3v) is 5.25. The van der Waals surface area contributed by atoms with E-state index in [0.29, 0.717) is 28.1 Å². The first kappa shape index (κ1) is 20.4. The molecule has 0 aliphatic heterocycles. The Morgan fingerprint density at radius 2 is 1.81 bits per heavy atom. The normalized spacial score (nSPS) is 11.0. The lowest BCUT2D eigenvalue weighted by molar-refractivity contribution is 0.0525. The molecule has 0 aromatic heterocycles. The van der Waals surface area contributed by atoms with Crippen LogP contribution in [-0.2, 0) is 14.8 Å². The maximum absolute atomic E-state index is 12.6. The number of hydrogen-bond acceptors (Lipinski definition) is 5. The summed E-state index contributed by atoms with van der Waals surface area (Å²) < 4.78 is 29.5. The molecule has 144 valence electrons. The lowest BCUT2D eigenvalue weighted by Crippen LogP contribution is -2.25. The fourth-order valence-electron chi connectivity index (χ4n) is 2.43. The summed E-state index contributed by atoms with van der Waals surface area (Å²) in [7, 11) is -2.02. The molecule has 0 unspecified atom stereocenters. The number of carbonyl (C=O) groups excluding carboxylic acids is 2. The Bertz CT molecular complexity index is 970. The SMILES string of the molecule is CCOC(=O)c1cccc(NC(=O)c2cccc(N(C)S(C)(=O)=O)c2)c1C. The summed E-state index contributed by atoms with van der Waals surface area (Å²) in [6.07, 6.45) is 1.09. The summed E-state index contributed by atoms with van der Waals surface area (Å²) in [6, 6.07) is 11.2. The van der Waals surface area contributed by atoms with Crippen LogP contribution >= 0.6 is 0 Å². The molecule has 2 rings (SSSR count). The van der Waals surface area contributed by atoms with Gasteiger partial charge in [-0.2, -0.15) is 0 Å². The fourth-order valence-corrected chi connectivity index (χ4v) is 2.93. The van der Waals surface area contributed by atoms with Gasteiger partial charge >= 0.3 is 5.97 Å². The number of ether oxygens (including phenoxy) is 1. The molecule has 1 amide bonds. The van der Waals surface area contributed by atoms with Gasteiger partial charge in [0.1, 0.15) is 0 Å². The van der Waals surface area contributed by atoms with Crippen molar-refractivity contribution in [2.24, 2.45) is 0 Å². The van der Waals surface area contributed by atoms with E-state index >= 15 is 0 Å². The van der Waals surface area contributed by atoms with Crippen LogP contribution in [0, 0.1) is 6.92 Å². The van der Waals surface area contributed by atoms with Crippen molar-refractivity contribution in [1.82, 2.24) is 0 Å². The molecular weight excluding hydrogens is 368 g/mol. The van der Waals surface area contributed by atoms with Crippen LogP contribution in [0.15, 0.2) is 42.5 Å². The summed E-state index contributed by atoms with van der Waals surface area (Å²) >= 11 is 0. The van der Waals surface area contributed by atoms with E-state index in [4.69, 9.17) is 4.74 Å². The summed E-state index contributed by atoms with van der Waals surface area (Å²) in [6.45, 7) is 3.70. The Morgan fingerprint density at radius 1 is 1.15 bits per heavy atom. The lowest BCUT2D eigenvalue weighted by Gasteiger charge is -2.17. The minimum atomic E-state index is -3.43. The number of amides is 1. The van der Waals surface area contributed by atoms with E-state index in [1.54, 1.807) is 50.2 Å². The third-order valence-electron chi connectivity index (χ3n) is 4.05. The van der Waals surface area contributed by atoms with Crippen molar-refractivity contribution in [1.29, 1.82) is 0 Å². The van der Waals surface area contributed by atoms with Crippen LogP contribution in [0.1, 0.15) is 33.2 Å². The minimum absolute atomic E-state index is 0.259. The number of hydrogen-bond donors (Lipinski definition) is 1. The molecule has 0 fully saturated rings. The van der Waals surface area contributed by atoms with Crippen molar-refractivity contribution in [2.45, 2.75) is 13.8 Å². The number of nitrogens with zero attached hydrogens (tertiary/aromatic N) is 1. The van der Waals surface area contributed by atoms with Gasteiger partial charge < -0.3 is 10.1 Å². The topological polar surface area (TPSA) is 92.8 Å². The molecule has 0 heterocycles. The van der Waals surface area contributed by atoms with E-state index in [0.717, 1.165) is 10.6 Å². The Hall–Kier alpha value is -2.87. The average Bonchev–Trinajstić information content (AvgIpc) is 2.62. The number of esters is 1. The van der Waals surface area contributed by atoms with E-state index in [2.05, 4.69) is 5.32 Å². The van der Waals surface area contributed by atoms with Gasteiger partial charge in [-0.25, -0.2) is 13.2 Å². The van der Waals surface area contributed by atoms with Crippen LogP contribution in [0.4, 0.5) is 11.4 Å². The second kappa shape index (κ2) is 8.22. The van der Waals surface area contributed by atoms with Crippen LogP contribution in [0.3, 0.4) is 0 Å². The van der Waals surface area contributed by atoms with Gasteiger partial charge in [-0.15, -0.1) is 0 Å². The maximum atomic E-state index is 12.6. The van der Waals surface area contributed by atoms with Crippen LogP contribution in [0.2, 0.25) is 0 Å². The zero-order valence-corrected chi connectivity index (χ0v) is 16.5. The number of rotatable bonds is 6. The van der Waals surface area contributed by atoms with E-state index in [-0.39, 0.29) is 6.61 Å². The number of anilines is 2. The van der Waals surface area contributed by atoms with Crippen molar-refractivity contribution in [3.8, 4) is 0 Å². The second-order valence-corrected chi connectivity index (χ2v) is 7.95. The molecule has 7 nitrogen and oxygen atoms in total. The largest absolute Gasteiger partial charge is 0.462 e. The summed E-state index contributed by atoms with van der Waals surface area (Å²) in [4.78, 5) is 24.6. The Labute approximate surface area is 159 Å². The van der Waals surface area contributed by atoms with Gasteiger partial charge in [-0.05, 0) is 49.7 Å².